The molecule has 1 N–H and O–H groups in total. The summed E-state index contributed by atoms with van der Waals surface area (Å²) < 4.78 is 0. The van der Waals surface area contributed by atoms with E-state index in [0.717, 1.165) is 13.1 Å². The highest BCUT2D eigenvalue weighted by molar-refractivity contribution is 6.33. The van der Waals surface area contributed by atoms with Gasteiger partial charge in [0, 0.05) is 13.1 Å². The Balaban J connectivity index is 1.90. The molecule has 1 saturated heterocycles. The zero-order chi connectivity index (χ0) is 12.3. The molecule has 1 aromatic rings. The molecule has 0 saturated carbocycles. The second-order valence-electron chi connectivity index (χ2n) is 4.49. The van der Waals surface area contributed by atoms with Gasteiger partial charge in [0.1, 0.15) is 10.8 Å². The number of nitrogens with zero attached hydrogens (tertiary/aromatic N) is 3. The average Bonchev–Trinajstić information content (AvgIpc) is 2.30. The minimum Gasteiger partial charge on any atom is -0.368 e. The first kappa shape index (κ1) is 12.9. The third-order valence-electron chi connectivity index (χ3n) is 2.99. The van der Waals surface area contributed by atoms with E-state index in [1.54, 1.807) is 0 Å². The monoisotopic (exact) mass is 274 g/mol. The molecule has 0 radical (unpaired) electrons. The summed E-state index contributed by atoms with van der Waals surface area (Å²) in [6, 6.07) is 0. The summed E-state index contributed by atoms with van der Waals surface area (Å²) in [5.74, 6) is 1.26. The molecule has 2 heterocycles. The van der Waals surface area contributed by atoms with E-state index in [4.69, 9.17) is 23.2 Å². The number of rotatable bonds is 3. The average molecular weight is 275 g/mol. The van der Waals surface area contributed by atoms with E-state index in [1.165, 1.54) is 25.6 Å². The number of anilines is 1. The van der Waals surface area contributed by atoms with Gasteiger partial charge in [0.15, 0.2) is 0 Å². The van der Waals surface area contributed by atoms with Crippen LogP contribution in [0.1, 0.15) is 12.8 Å². The van der Waals surface area contributed by atoms with Crippen LogP contribution in [0.15, 0.2) is 6.20 Å². The molecule has 0 aromatic carbocycles. The fourth-order valence-corrected chi connectivity index (χ4v) is 2.44. The van der Waals surface area contributed by atoms with Crippen molar-refractivity contribution in [3.05, 3.63) is 16.5 Å². The summed E-state index contributed by atoms with van der Waals surface area (Å²) in [6.45, 7) is 3.18. The maximum Gasteiger partial charge on any atom is 0.224 e. The van der Waals surface area contributed by atoms with Crippen LogP contribution in [0.3, 0.4) is 0 Å². The number of piperidine rings is 1. The molecule has 1 unspecified atom stereocenters. The van der Waals surface area contributed by atoms with Gasteiger partial charge in [0.05, 0.1) is 6.20 Å². The van der Waals surface area contributed by atoms with E-state index < -0.39 is 0 Å². The first-order valence-corrected chi connectivity index (χ1v) is 6.51. The fourth-order valence-electron chi connectivity index (χ4n) is 2.15. The van der Waals surface area contributed by atoms with Crippen molar-refractivity contribution in [1.82, 2.24) is 14.9 Å². The molecule has 6 heteroatoms. The van der Waals surface area contributed by atoms with Gasteiger partial charge in [-0.3, -0.25) is 0 Å². The Labute approximate surface area is 111 Å². The maximum absolute atomic E-state index is 5.99. The SMILES string of the molecule is CN1CCCC(CNc2nc(Cl)ncc2Cl)C1. The minimum absolute atomic E-state index is 0.220. The molecule has 94 valence electrons. The quantitative estimate of drug-likeness (QED) is 0.861. The first-order valence-electron chi connectivity index (χ1n) is 5.75. The highest BCUT2D eigenvalue weighted by Crippen LogP contribution is 2.21. The molecular weight excluding hydrogens is 259 g/mol. The summed E-state index contributed by atoms with van der Waals surface area (Å²) in [5.41, 5.74) is 0. The van der Waals surface area contributed by atoms with E-state index in [-0.39, 0.29) is 5.28 Å². The largest absolute Gasteiger partial charge is 0.368 e. The van der Waals surface area contributed by atoms with Crippen LogP contribution in [0, 0.1) is 5.92 Å². The Bertz CT molecular complexity index is 386. The van der Waals surface area contributed by atoms with Crippen molar-refractivity contribution in [3.8, 4) is 0 Å². The lowest BCUT2D eigenvalue weighted by Gasteiger charge is -2.29. The Morgan fingerprint density at radius 2 is 2.35 bits per heavy atom. The van der Waals surface area contributed by atoms with Crippen LogP contribution in [-0.4, -0.2) is 41.5 Å². The predicted molar refractivity (Wildman–Crippen MR) is 70.8 cm³/mol. The number of hydrogen-bond donors (Lipinski definition) is 1. The first-order chi connectivity index (χ1) is 8.15. The van der Waals surface area contributed by atoms with Crippen LogP contribution in [-0.2, 0) is 0 Å². The molecule has 1 atom stereocenters. The van der Waals surface area contributed by atoms with Gasteiger partial charge in [-0.2, -0.15) is 4.98 Å². The zero-order valence-electron chi connectivity index (χ0n) is 9.79. The Kier molecular flexibility index (Phi) is 4.42. The number of aromatic nitrogens is 2. The molecule has 1 fully saturated rings. The van der Waals surface area contributed by atoms with Crippen molar-refractivity contribution in [2.24, 2.45) is 5.92 Å². The lowest BCUT2D eigenvalue weighted by molar-refractivity contribution is 0.217. The van der Waals surface area contributed by atoms with E-state index >= 15 is 0 Å². The van der Waals surface area contributed by atoms with Crippen molar-refractivity contribution in [1.29, 1.82) is 0 Å². The Morgan fingerprint density at radius 1 is 1.53 bits per heavy atom. The number of nitrogens with one attached hydrogen (secondary N) is 1. The summed E-state index contributed by atoms with van der Waals surface area (Å²) >= 11 is 11.7. The standard InChI is InChI=1S/C11H16Cl2N4/c1-17-4-2-3-8(7-17)5-14-10-9(12)6-15-11(13)16-10/h6,8H,2-5,7H2,1H3,(H,14,15,16). The Morgan fingerprint density at radius 3 is 3.12 bits per heavy atom. The van der Waals surface area contributed by atoms with Gasteiger partial charge in [-0.25, -0.2) is 4.98 Å². The van der Waals surface area contributed by atoms with Crippen molar-refractivity contribution in [2.45, 2.75) is 12.8 Å². The summed E-state index contributed by atoms with van der Waals surface area (Å²) in [7, 11) is 2.15. The van der Waals surface area contributed by atoms with Gasteiger partial charge in [-0.15, -0.1) is 0 Å². The Hall–Kier alpha value is -0.580. The van der Waals surface area contributed by atoms with Crippen molar-refractivity contribution in [2.75, 3.05) is 32.0 Å². The van der Waals surface area contributed by atoms with Gasteiger partial charge in [0.2, 0.25) is 5.28 Å². The van der Waals surface area contributed by atoms with Gasteiger partial charge >= 0.3 is 0 Å². The third-order valence-corrected chi connectivity index (χ3v) is 3.45. The molecule has 17 heavy (non-hydrogen) atoms. The van der Waals surface area contributed by atoms with Crippen LogP contribution >= 0.6 is 23.2 Å². The second kappa shape index (κ2) is 5.85. The smallest absolute Gasteiger partial charge is 0.224 e. The highest BCUT2D eigenvalue weighted by atomic mass is 35.5. The fraction of sp³-hybridized carbons (Fsp3) is 0.636. The van der Waals surface area contributed by atoms with Crippen LogP contribution in [0.25, 0.3) is 0 Å². The summed E-state index contributed by atoms with van der Waals surface area (Å²) in [4.78, 5) is 10.2. The van der Waals surface area contributed by atoms with E-state index in [2.05, 4.69) is 27.2 Å². The van der Waals surface area contributed by atoms with Gasteiger partial charge in [-0.1, -0.05) is 11.6 Å². The van der Waals surface area contributed by atoms with E-state index in [9.17, 15) is 0 Å². The van der Waals surface area contributed by atoms with Crippen molar-refractivity contribution >= 4 is 29.0 Å². The van der Waals surface area contributed by atoms with Gasteiger partial charge < -0.3 is 10.2 Å². The number of halogens is 2. The van der Waals surface area contributed by atoms with E-state index in [0.29, 0.717) is 16.8 Å². The molecule has 2 rings (SSSR count). The third kappa shape index (κ3) is 3.69. The van der Waals surface area contributed by atoms with Crippen LogP contribution in [0.5, 0.6) is 0 Å². The molecule has 0 aliphatic carbocycles. The van der Waals surface area contributed by atoms with Gasteiger partial charge in [0.25, 0.3) is 0 Å². The molecule has 4 nitrogen and oxygen atoms in total. The second-order valence-corrected chi connectivity index (χ2v) is 5.23. The molecule has 0 spiro atoms. The van der Waals surface area contributed by atoms with E-state index in [1.807, 2.05) is 0 Å². The number of likely N-dealkylation sites (tertiary alicyclic amines) is 1. The van der Waals surface area contributed by atoms with Crippen molar-refractivity contribution < 1.29 is 0 Å². The molecule has 1 aliphatic heterocycles. The topological polar surface area (TPSA) is 41.0 Å². The molecule has 0 amide bonds. The lowest BCUT2D eigenvalue weighted by Crippen LogP contribution is -2.35. The van der Waals surface area contributed by atoms with Crippen molar-refractivity contribution in [3.63, 3.8) is 0 Å². The molecular formula is C11H16Cl2N4. The summed E-state index contributed by atoms with van der Waals surface area (Å²) in [6.07, 6.45) is 4.01. The highest BCUT2D eigenvalue weighted by Gasteiger charge is 2.17. The maximum atomic E-state index is 5.99. The van der Waals surface area contributed by atoms with Gasteiger partial charge in [-0.05, 0) is 44.0 Å². The van der Waals surface area contributed by atoms with Crippen LogP contribution in [0.4, 0.5) is 5.82 Å². The zero-order valence-corrected chi connectivity index (χ0v) is 11.3. The van der Waals surface area contributed by atoms with Crippen LogP contribution < -0.4 is 5.32 Å². The number of hydrogen-bond acceptors (Lipinski definition) is 4. The minimum atomic E-state index is 0.220. The summed E-state index contributed by atoms with van der Waals surface area (Å²) in [5, 5.41) is 3.98. The molecule has 1 aromatic heterocycles. The van der Waals surface area contributed by atoms with Crippen LogP contribution in [0.2, 0.25) is 10.3 Å². The molecule has 0 bridgehead atoms. The molecule has 1 aliphatic rings. The lowest BCUT2D eigenvalue weighted by atomic mass is 9.98. The predicted octanol–water partition coefficient (Wildman–Crippen LogP) is 2.54. The normalized spacial score (nSPS) is 21.5.